The first kappa shape index (κ1) is 16.8. The fraction of sp³-hybridized carbons (Fsp3) is 0.692. The van der Waals surface area contributed by atoms with Crippen molar-refractivity contribution in [2.75, 3.05) is 13.1 Å². The van der Waals surface area contributed by atoms with E-state index in [2.05, 4.69) is 15.6 Å². The van der Waals surface area contributed by atoms with E-state index in [0.717, 1.165) is 17.5 Å². The zero-order valence-electron chi connectivity index (χ0n) is 12.2. The fourth-order valence-electron chi connectivity index (χ4n) is 2.54. The van der Waals surface area contributed by atoms with E-state index in [1.807, 2.05) is 0 Å². The van der Waals surface area contributed by atoms with Crippen LogP contribution in [0.25, 0.3) is 0 Å². The van der Waals surface area contributed by atoms with E-state index in [9.17, 15) is 23.1 Å². The summed E-state index contributed by atoms with van der Waals surface area (Å²) in [5, 5.41) is 15.5. The van der Waals surface area contributed by atoms with Crippen LogP contribution in [0.3, 0.4) is 0 Å². The van der Waals surface area contributed by atoms with Crippen LogP contribution in [0.1, 0.15) is 25.1 Å². The molecule has 22 heavy (non-hydrogen) atoms. The van der Waals surface area contributed by atoms with Gasteiger partial charge in [-0.3, -0.25) is 4.79 Å². The van der Waals surface area contributed by atoms with Crippen LogP contribution in [0, 0.1) is 0 Å². The van der Waals surface area contributed by atoms with Crippen LogP contribution in [0.4, 0.5) is 13.2 Å². The number of hydrogen-bond donors (Lipinski definition) is 3. The van der Waals surface area contributed by atoms with Crippen LogP contribution in [0.15, 0.2) is 12.4 Å². The van der Waals surface area contributed by atoms with Crippen molar-refractivity contribution in [1.82, 2.24) is 20.2 Å². The number of hydrogen-bond acceptors (Lipinski definition) is 4. The first-order valence-corrected chi connectivity index (χ1v) is 7.04. The van der Waals surface area contributed by atoms with Crippen LogP contribution >= 0.6 is 0 Å². The van der Waals surface area contributed by atoms with Crippen molar-refractivity contribution in [3.05, 3.63) is 18.2 Å². The van der Waals surface area contributed by atoms with Gasteiger partial charge in [0.05, 0.1) is 6.04 Å². The predicted molar refractivity (Wildman–Crippen MR) is 71.8 cm³/mol. The van der Waals surface area contributed by atoms with Crippen molar-refractivity contribution in [3.8, 4) is 0 Å². The first-order valence-electron chi connectivity index (χ1n) is 7.04. The van der Waals surface area contributed by atoms with Crippen molar-refractivity contribution in [2.45, 2.75) is 37.1 Å². The number of amides is 1. The molecule has 2 heterocycles. The van der Waals surface area contributed by atoms with Gasteiger partial charge in [0, 0.05) is 32.4 Å². The van der Waals surface area contributed by atoms with Crippen molar-refractivity contribution in [2.24, 2.45) is 7.05 Å². The molecule has 0 unspecified atom stereocenters. The molecule has 2 rings (SSSR count). The van der Waals surface area contributed by atoms with E-state index in [-0.39, 0.29) is 18.5 Å². The Labute approximate surface area is 125 Å². The third-order valence-corrected chi connectivity index (χ3v) is 3.82. The first-order chi connectivity index (χ1) is 10.3. The molecule has 1 aromatic rings. The van der Waals surface area contributed by atoms with Gasteiger partial charge in [-0.2, -0.15) is 13.2 Å². The molecule has 124 valence electrons. The molecule has 0 saturated carbocycles. The third kappa shape index (κ3) is 3.25. The summed E-state index contributed by atoms with van der Waals surface area (Å²) in [4.78, 5) is 15.4. The molecule has 1 fully saturated rings. The van der Waals surface area contributed by atoms with Gasteiger partial charge in [-0.05, 0) is 19.4 Å². The van der Waals surface area contributed by atoms with Gasteiger partial charge in [0.1, 0.15) is 5.82 Å². The number of halogens is 3. The Morgan fingerprint density at radius 3 is 2.82 bits per heavy atom. The van der Waals surface area contributed by atoms with Crippen LogP contribution in [0.5, 0.6) is 0 Å². The van der Waals surface area contributed by atoms with Crippen LogP contribution < -0.4 is 10.6 Å². The Morgan fingerprint density at radius 2 is 2.32 bits per heavy atom. The van der Waals surface area contributed by atoms with Gasteiger partial charge in [0.25, 0.3) is 0 Å². The van der Waals surface area contributed by atoms with Crippen LogP contribution in [-0.4, -0.2) is 45.9 Å². The van der Waals surface area contributed by atoms with Gasteiger partial charge in [0.15, 0.2) is 0 Å². The monoisotopic (exact) mass is 320 g/mol. The summed E-state index contributed by atoms with van der Waals surface area (Å²) in [6, 6.07) is -0.368. The van der Waals surface area contributed by atoms with E-state index in [1.165, 1.54) is 19.4 Å². The number of aromatic nitrogens is 2. The average Bonchev–Trinajstić information content (AvgIpc) is 3.07. The van der Waals surface area contributed by atoms with E-state index >= 15 is 0 Å². The lowest BCUT2D eigenvalue weighted by molar-refractivity contribution is -0.272. The maximum absolute atomic E-state index is 13.2. The molecule has 6 nitrogen and oxygen atoms in total. The maximum Gasteiger partial charge on any atom is 0.424 e. The zero-order valence-corrected chi connectivity index (χ0v) is 12.2. The van der Waals surface area contributed by atoms with Crippen LogP contribution in [-0.2, 0) is 17.4 Å². The topological polar surface area (TPSA) is 79.2 Å². The Kier molecular flexibility index (Phi) is 4.76. The van der Waals surface area contributed by atoms with Crippen molar-refractivity contribution in [3.63, 3.8) is 0 Å². The quantitative estimate of drug-likeness (QED) is 0.735. The second-order valence-electron chi connectivity index (χ2n) is 5.41. The molecular formula is C13H19F3N4O2. The smallest absolute Gasteiger partial charge is 0.374 e. The van der Waals surface area contributed by atoms with Crippen molar-refractivity contribution >= 4 is 5.91 Å². The minimum Gasteiger partial charge on any atom is -0.374 e. The third-order valence-electron chi connectivity index (χ3n) is 3.82. The molecule has 1 aliphatic heterocycles. The van der Waals surface area contributed by atoms with Gasteiger partial charge in [-0.25, -0.2) is 4.98 Å². The summed E-state index contributed by atoms with van der Waals surface area (Å²) in [7, 11) is 1.38. The Hall–Kier alpha value is -1.61. The highest BCUT2D eigenvalue weighted by atomic mass is 19.4. The Morgan fingerprint density at radius 1 is 1.59 bits per heavy atom. The number of imidazole rings is 1. The van der Waals surface area contributed by atoms with Gasteiger partial charge in [0.2, 0.25) is 11.5 Å². The summed E-state index contributed by atoms with van der Waals surface area (Å²) in [6.07, 6.45) is -1.55. The minimum absolute atomic E-state index is 0.292. The summed E-state index contributed by atoms with van der Waals surface area (Å²) >= 11 is 0. The molecule has 0 radical (unpaired) electrons. The van der Waals surface area contributed by atoms with Gasteiger partial charge >= 0.3 is 6.18 Å². The molecular weight excluding hydrogens is 301 g/mol. The SMILES string of the molecule is Cn1ccnc1[C@](O)(CCNC(=O)[C@@H]1CCCN1)C(F)(F)F. The molecule has 0 aromatic carbocycles. The summed E-state index contributed by atoms with van der Waals surface area (Å²) in [6.45, 7) is 0.428. The lowest BCUT2D eigenvalue weighted by Crippen LogP contribution is -2.48. The molecule has 2 atom stereocenters. The van der Waals surface area contributed by atoms with E-state index in [1.54, 1.807) is 0 Å². The molecule has 0 spiro atoms. The number of aryl methyl sites for hydroxylation is 1. The number of rotatable bonds is 5. The lowest BCUT2D eigenvalue weighted by Gasteiger charge is -2.30. The molecule has 9 heteroatoms. The van der Waals surface area contributed by atoms with E-state index in [4.69, 9.17) is 0 Å². The lowest BCUT2D eigenvalue weighted by atomic mass is 9.97. The number of alkyl halides is 3. The number of nitrogens with zero attached hydrogens (tertiary/aromatic N) is 2. The normalized spacial score (nSPS) is 21.6. The van der Waals surface area contributed by atoms with Gasteiger partial charge in [-0.1, -0.05) is 0 Å². The number of nitrogens with one attached hydrogen (secondary N) is 2. The van der Waals surface area contributed by atoms with Crippen LogP contribution in [0.2, 0.25) is 0 Å². The molecule has 1 saturated heterocycles. The highest BCUT2D eigenvalue weighted by Crippen LogP contribution is 2.40. The highest BCUT2D eigenvalue weighted by Gasteiger charge is 2.57. The fourth-order valence-corrected chi connectivity index (χ4v) is 2.54. The van der Waals surface area contributed by atoms with Gasteiger partial charge in [-0.15, -0.1) is 0 Å². The Balaban J connectivity index is 2.02. The zero-order chi connectivity index (χ0) is 16.4. The van der Waals surface area contributed by atoms with E-state index < -0.39 is 24.0 Å². The van der Waals surface area contributed by atoms with Crippen molar-refractivity contribution < 1.29 is 23.1 Å². The molecule has 1 amide bonds. The summed E-state index contributed by atoms with van der Waals surface area (Å²) in [5.41, 5.74) is -3.10. The van der Waals surface area contributed by atoms with Gasteiger partial charge < -0.3 is 20.3 Å². The van der Waals surface area contributed by atoms with Crippen molar-refractivity contribution in [1.29, 1.82) is 0 Å². The molecule has 1 aromatic heterocycles. The number of carbonyl (C=O) groups excluding carboxylic acids is 1. The summed E-state index contributed by atoms with van der Waals surface area (Å²) in [5.74, 6) is -0.838. The van der Waals surface area contributed by atoms with E-state index in [0.29, 0.717) is 6.42 Å². The maximum atomic E-state index is 13.2. The largest absolute Gasteiger partial charge is 0.424 e. The molecule has 3 N–H and O–H groups in total. The molecule has 0 bridgehead atoms. The Bertz CT molecular complexity index is 526. The highest BCUT2D eigenvalue weighted by molar-refractivity contribution is 5.81. The minimum atomic E-state index is -4.89. The molecule has 1 aliphatic rings. The molecule has 0 aliphatic carbocycles. The second kappa shape index (κ2) is 6.25. The summed E-state index contributed by atoms with van der Waals surface area (Å²) < 4.78 is 40.9. The average molecular weight is 320 g/mol. The number of carbonyl (C=O) groups is 1. The standard InChI is InChI=1S/C13H19F3N4O2/c1-20-8-7-19-11(20)12(22,13(14,15)16)4-6-18-10(21)9-3-2-5-17-9/h7-9,17,22H,2-6H2,1H3,(H,18,21)/t9-,12+/m0/s1. The number of aliphatic hydroxyl groups is 1. The second-order valence-corrected chi connectivity index (χ2v) is 5.41. The predicted octanol–water partition coefficient (Wildman–Crippen LogP) is 0.428.